The molecule has 62 valence electrons. The minimum atomic E-state index is 0.290. The summed E-state index contributed by atoms with van der Waals surface area (Å²) >= 11 is 0. The molecule has 0 aliphatic heterocycles. The summed E-state index contributed by atoms with van der Waals surface area (Å²) in [5, 5.41) is 19.1. The van der Waals surface area contributed by atoms with Crippen LogP contribution in [0.4, 0.5) is 5.95 Å². The van der Waals surface area contributed by atoms with E-state index in [0.29, 0.717) is 5.95 Å². The molecule has 6 nitrogen and oxygen atoms in total. The Bertz CT molecular complexity index is 210. The maximum absolute atomic E-state index is 8.49. The minimum Gasteiger partial charge on any atom is -0.288 e. The van der Waals surface area contributed by atoms with Crippen LogP contribution < -0.4 is 5.48 Å². The lowest BCUT2D eigenvalue weighted by Crippen LogP contribution is -2.05. The quantitative estimate of drug-likeness (QED) is 0.614. The number of unbranched alkanes of at least 4 members (excludes halogenated alkanes) is 1. The SMILES string of the molecule is CCCCn1nnnc1NO. The zero-order valence-electron chi connectivity index (χ0n) is 6.36. The molecule has 6 heteroatoms. The molecule has 0 radical (unpaired) electrons. The van der Waals surface area contributed by atoms with Gasteiger partial charge in [0.15, 0.2) is 0 Å². The zero-order valence-corrected chi connectivity index (χ0v) is 6.36. The molecule has 0 unspecified atom stereocenters. The monoisotopic (exact) mass is 157 g/mol. The molecule has 1 heterocycles. The Morgan fingerprint density at radius 2 is 2.45 bits per heavy atom. The molecule has 0 aliphatic rings. The molecule has 0 bridgehead atoms. The standard InChI is InChI=1S/C5H11N5O/c1-2-3-4-10-5(7-11)6-8-9-10/h11H,2-4H2,1H3,(H,6,7,9). The van der Waals surface area contributed by atoms with Crippen molar-refractivity contribution in [1.29, 1.82) is 0 Å². The van der Waals surface area contributed by atoms with Crippen LogP contribution in [0.1, 0.15) is 19.8 Å². The summed E-state index contributed by atoms with van der Waals surface area (Å²) in [4.78, 5) is 0. The second-order valence-corrected chi connectivity index (χ2v) is 2.19. The highest BCUT2D eigenvalue weighted by Crippen LogP contribution is 1.99. The molecular formula is C5H11N5O. The first-order chi connectivity index (χ1) is 5.38. The summed E-state index contributed by atoms with van der Waals surface area (Å²) in [5.41, 5.74) is 1.91. The van der Waals surface area contributed by atoms with Crippen LogP contribution >= 0.6 is 0 Å². The van der Waals surface area contributed by atoms with Gasteiger partial charge in [0.25, 0.3) is 5.95 Å². The van der Waals surface area contributed by atoms with Gasteiger partial charge in [0.2, 0.25) is 0 Å². The third-order valence-electron chi connectivity index (χ3n) is 1.36. The molecule has 1 rings (SSSR count). The van der Waals surface area contributed by atoms with Gasteiger partial charge in [-0.25, -0.2) is 10.2 Å². The molecule has 0 fully saturated rings. The molecule has 1 aromatic heterocycles. The number of aromatic nitrogens is 4. The molecule has 11 heavy (non-hydrogen) atoms. The van der Waals surface area contributed by atoms with E-state index in [1.807, 2.05) is 5.48 Å². The summed E-state index contributed by atoms with van der Waals surface area (Å²) in [5.74, 6) is 0.290. The minimum absolute atomic E-state index is 0.290. The van der Waals surface area contributed by atoms with Crippen LogP contribution in [0.5, 0.6) is 0 Å². The fourth-order valence-electron chi connectivity index (χ4n) is 0.743. The first-order valence-corrected chi connectivity index (χ1v) is 3.54. The lowest BCUT2D eigenvalue weighted by Gasteiger charge is -1.99. The van der Waals surface area contributed by atoms with Crippen molar-refractivity contribution in [1.82, 2.24) is 20.2 Å². The average Bonchev–Trinajstić information content (AvgIpc) is 2.47. The fraction of sp³-hybridized carbons (Fsp3) is 0.800. The molecule has 0 aliphatic carbocycles. The van der Waals surface area contributed by atoms with Crippen molar-refractivity contribution in [3.05, 3.63) is 0 Å². The van der Waals surface area contributed by atoms with Crippen molar-refractivity contribution < 1.29 is 5.21 Å². The van der Waals surface area contributed by atoms with Gasteiger partial charge >= 0.3 is 0 Å². The van der Waals surface area contributed by atoms with Gasteiger partial charge in [-0.15, -0.1) is 0 Å². The molecular weight excluding hydrogens is 146 g/mol. The predicted molar refractivity (Wildman–Crippen MR) is 38.1 cm³/mol. The third-order valence-corrected chi connectivity index (χ3v) is 1.36. The lowest BCUT2D eigenvalue weighted by atomic mass is 10.3. The third kappa shape index (κ3) is 1.87. The average molecular weight is 157 g/mol. The van der Waals surface area contributed by atoms with E-state index in [1.165, 1.54) is 4.68 Å². The smallest absolute Gasteiger partial charge is 0.266 e. The van der Waals surface area contributed by atoms with Crippen LogP contribution in [-0.2, 0) is 6.54 Å². The van der Waals surface area contributed by atoms with Crippen LogP contribution in [0.25, 0.3) is 0 Å². The number of hydrogen-bond acceptors (Lipinski definition) is 5. The highest BCUT2D eigenvalue weighted by molar-refractivity contribution is 5.15. The van der Waals surface area contributed by atoms with Crippen molar-refractivity contribution in [2.45, 2.75) is 26.3 Å². The Morgan fingerprint density at radius 1 is 1.64 bits per heavy atom. The van der Waals surface area contributed by atoms with Crippen molar-refractivity contribution in [3.63, 3.8) is 0 Å². The maximum atomic E-state index is 8.49. The number of aryl methyl sites for hydroxylation is 1. The molecule has 0 saturated heterocycles. The molecule has 2 N–H and O–H groups in total. The van der Waals surface area contributed by atoms with E-state index >= 15 is 0 Å². The van der Waals surface area contributed by atoms with Crippen LogP contribution in [0, 0.1) is 0 Å². The van der Waals surface area contributed by atoms with Crippen LogP contribution in [0.2, 0.25) is 0 Å². The lowest BCUT2D eigenvalue weighted by molar-refractivity contribution is 0.374. The van der Waals surface area contributed by atoms with Gasteiger partial charge in [-0.1, -0.05) is 18.4 Å². The summed E-state index contributed by atoms with van der Waals surface area (Å²) < 4.78 is 1.52. The molecule has 0 aromatic carbocycles. The van der Waals surface area contributed by atoms with Crippen molar-refractivity contribution in [2.24, 2.45) is 0 Å². The van der Waals surface area contributed by atoms with Gasteiger partial charge in [0.1, 0.15) is 0 Å². The molecule has 0 spiro atoms. The number of hydrogen-bond donors (Lipinski definition) is 2. The second-order valence-electron chi connectivity index (χ2n) is 2.19. The van der Waals surface area contributed by atoms with E-state index < -0.39 is 0 Å². The summed E-state index contributed by atoms with van der Waals surface area (Å²) in [6.07, 6.45) is 2.07. The van der Waals surface area contributed by atoms with Crippen molar-refractivity contribution in [3.8, 4) is 0 Å². The van der Waals surface area contributed by atoms with E-state index in [-0.39, 0.29) is 0 Å². The van der Waals surface area contributed by atoms with Gasteiger partial charge in [-0.3, -0.25) is 5.21 Å². The summed E-state index contributed by atoms with van der Waals surface area (Å²) in [6.45, 7) is 2.81. The number of nitrogens with one attached hydrogen (secondary N) is 1. The Hall–Kier alpha value is -1.17. The Morgan fingerprint density at radius 3 is 3.09 bits per heavy atom. The Balaban J connectivity index is 2.54. The molecule has 0 saturated carbocycles. The number of anilines is 1. The fourth-order valence-corrected chi connectivity index (χ4v) is 0.743. The topological polar surface area (TPSA) is 75.9 Å². The maximum Gasteiger partial charge on any atom is 0.266 e. The van der Waals surface area contributed by atoms with Gasteiger partial charge in [-0.2, -0.15) is 0 Å². The second kappa shape index (κ2) is 3.87. The number of tetrazole rings is 1. The zero-order chi connectivity index (χ0) is 8.10. The first-order valence-electron chi connectivity index (χ1n) is 3.54. The number of rotatable bonds is 4. The van der Waals surface area contributed by atoms with E-state index in [1.54, 1.807) is 0 Å². The van der Waals surface area contributed by atoms with E-state index in [4.69, 9.17) is 5.21 Å². The van der Waals surface area contributed by atoms with Gasteiger partial charge in [-0.05, 0) is 16.8 Å². The van der Waals surface area contributed by atoms with Gasteiger partial charge < -0.3 is 0 Å². The van der Waals surface area contributed by atoms with Gasteiger partial charge in [0.05, 0.1) is 0 Å². The Labute approximate surface area is 64.2 Å². The molecule has 0 amide bonds. The van der Waals surface area contributed by atoms with Gasteiger partial charge in [0, 0.05) is 6.54 Å². The highest BCUT2D eigenvalue weighted by atomic mass is 16.5. The van der Waals surface area contributed by atoms with Crippen LogP contribution in [0.15, 0.2) is 0 Å². The summed E-state index contributed by atoms with van der Waals surface area (Å²) in [6, 6.07) is 0. The molecule has 0 atom stereocenters. The first kappa shape index (κ1) is 7.93. The van der Waals surface area contributed by atoms with Crippen molar-refractivity contribution >= 4 is 5.95 Å². The van der Waals surface area contributed by atoms with Crippen LogP contribution in [0.3, 0.4) is 0 Å². The van der Waals surface area contributed by atoms with Crippen molar-refractivity contribution in [2.75, 3.05) is 5.48 Å². The number of nitrogens with zero attached hydrogens (tertiary/aromatic N) is 4. The van der Waals surface area contributed by atoms with Crippen LogP contribution in [-0.4, -0.2) is 25.4 Å². The van der Waals surface area contributed by atoms with E-state index in [0.717, 1.165) is 19.4 Å². The normalized spacial score (nSPS) is 10.0. The van der Waals surface area contributed by atoms with E-state index in [9.17, 15) is 0 Å². The predicted octanol–water partition coefficient (Wildman–Crippen LogP) is 0.274. The highest BCUT2D eigenvalue weighted by Gasteiger charge is 2.01. The van der Waals surface area contributed by atoms with E-state index in [2.05, 4.69) is 22.4 Å². The Kier molecular flexibility index (Phi) is 2.79. The summed E-state index contributed by atoms with van der Waals surface area (Å²) in [7, 11) is 0. The molecule has 1 aromatic rings. The largest absolute Gasteiger partial charge is 0.288 e.